The third-order valence-corrected chi connectivity index (χ3v) is 11.3. The molecule has 0 bridgehead atoms. The van der Waals surface area contributed by atoms with Gasteiger partial charge in [0.2, 0.25) is 0 Å². The van der Waals surface area contributed by atoms with Crippen molar-refractivity contribution in [1.29, 1.82) is 0 Å². The maximum Gasteiger partial charge on any atom is 0.151 e. The van der Waals surface area contributed by atoms with Gasteiger partial charge >= 0.3 is 0 Å². The molecule has 3 aromatic heterocycles. The molecule has 0 aliphatic carbocycles. The molecule has 0 saturated heterocycles. The van der Waals surface area contributed by atoms with Crippen LogP contribution in [0, 0.1) is 0 Å². The summed E-state index contributed by atoms with van der Waals surface area (Å²) in [6.45, 7) is 0.698. The quantitative estimate of drug-likeness (QED) is 0.145. The maximum atomic E-state index is 5.03. The van der Waals surface area contributed by atoms with Crippen LogP contribution in [0.15, 0.2) is 219 Å². The summed E-state index contributed by atoms with van der Waals surface area (Å²) in [5.41, 5.74) is 15.4. The third kappa shape index (κ3) is 5.97. The zero-order valence-electron chi connectivity index (χ0n) is 32.2. The van der Waals surface area contributed by atoms with Gasteiger partial charge in [-0.05, 0) is 106 Å². The SMILES string of the molecule is c1ccc(C(=C(c2cccc(N3CN(c4ccccc4)c4ccccc43)c2)c2ccc3c4ncn(-c5ccccc5)c4n(-c4ccccn4)c3c2)c2ccccc2)cc1. The molecular weight excluding hydrogens is 721 g/mol. The van der Waals surface area contributed by atoms with Crippen LogP contribution in [0.3, 0.4) is 0 Å². The Morgan fingerprint density at radius 3 is 1.63 bits per heavy atom. The van der Waals surface area contributed by atoms with E-state index < -0.39 is 0 Å². The lowest BCUT2D eigenvalue weighted by Crippen LogP contribution is -2.23. The van der Waals surface area contributed by atoms with Crippen LogP contribution in [0.1, 0.15) is 22.3 Å². The molecule has 0 saturated carbocycles. The van der Waals surface area contributed by atoms with Crippen LogP contribution >= 0.6 is 0 Å². The van der Waals surface area contributed by atoms with Gasteiger partial charge in [-0.15, -0.1) is 0 Å². The summed E-state index contributed by atoms with van der Waals surface area (Å²) in [4.78, 5) is 14.7. The topological polar surface area (TPSA) is 42.1 Å². The number of fused-ring (bicyclic) bond motifs is 4. The average molecular weight is 759 g/mol. The van der Waals surface area contributed by atoms with E-state index >= 15 is 0 Å². The second kappa shape index (κ2) is 14.5. The molecule has 0 spiro atoms. The third-order valence-electron chi connectivity index (χ3n) is 11.3. The van der Waals surface area contributed by atoms with Crippen molar-refractivity contribution in [3.05, 3.63) is 241 Å². The Labute approximate surface area is 342 Å². The fraction of sp³-hybridized carbons (Fsp3) is 0.0189. The number of imidazole rings is 1. The van der Waals surface area contributed by atoms with Gasteiger partial charge in [-0.25, -0.2) is 9.97 Å². The van der Waals surface area contributed by atoms with Crippen LogP contribution in [0.25, 0.3) is 44.7 Å². The van der Waals surface area contributed by atoms with Gasteiger partial charge < -0.3 is 9.80 Å². The van der Waals surface area contributed by atoms with Crippen LogP contribution in [-0.2, 0) is 0 Å². The van der Waals surface area contributed by atoms with Gasteiger partial charge in [0.1, 0.15) is 24.3 Å². The highest BCUT2D eigenvalue weighted by Gasteiger charge is 2.29. The number of hydrogen-bond donors (Lipinski definition) is 0. The number of anilines is 4. The molecule has 1 aliphatic rings. The lowest BCUT2D eigenvalue weighted by molar-refractivity contribution is 0.991. The standard InChI is InChI=1S/C53H38N6/c1-5-18-38(19-6-1)50(39-20-7-2-8-21-39)51(40-22-17-27-44(34-40)58-37-57(43-25-11-4-12-26-43)46-28-13-14-29-47(46)58)41-31-32-45-48(35-41)59(49-30-15-16-33-54-49)53-52(45)55-36-56(53)42-23-9-3-10-24-42/h1-36H,37H2. The Bertz CT molecular complexity index is 3080. The molecule has 4 heterocycles. The highest BCUT2D eigenvalue weighted by atomic mass is 15.4. The number of para-hydroxylation sites is 4. The number of rotatable bonds is 8. The Morgan fingerprint density at radius 2 is 0.966 bits per heavy atom. The van der Waals surface area contributed by atoms with Crippen LogP contribution in [-0.4, -0.2) is 25.8 Å². The Kier molecular flexibility index (Phi) is 8.44. The minimum absolute atomic E-state index is 0.698. The van der Waals surface area contributed by atoms with E-state index in [1.54, 1.807) is 0 Å². The smallest absolute Gasteiger partial charge is 0.151 e. The van der Waals surface area contributed by atoms with E-state index in [-0.39, 0.29) is 0 Å². The van der Waals surface area contributed by atoms with Gasteiger partial charge in [0.25, 0.3) is 0 Å². The van der Waals surface area contributed by atoms with E-state index in [2.05, 4.69) is 207 Å². The number of aromatic nitrogens is 4. The summed E-state index contributed by atoms with van der Waals surface area (Å²) in [6.07, 6.45) is 3.78. The fourth-order valence-electron chi connectivity index (χ4n) is 8.64. The molecular formula is C53H38N6. The summed E-state index contributed by atoms with van der Waals surface area (Å²) >= 11 is 0. The highest BCUT2D eigenvalue weighted by molar-refractivity contribution is 6.10. The zero-order valence-corrected chi connectivity index (χ0v) is 32.2. The van der Waals surface area contributed by atoms with Crippen molar-refractivity contribution in [3.8, 4) is 11.5 Å². The monoisotopic (exact) mass is 758 g/mol. The summed E-state index contributed by atoms with van der Waals surface area (Å²) in [5, 5.41) is 1.06. The van der Waals surface area contributed by atoms with Gasteiger partial charge in [-0.1, -0.05) is 133 Å². The van der Waals surface area contributed by atoms with Crippen LogP contribution in [0.4, 0.5) is 22.7 Å². The van der Waals surface area contributed by atoms with Gasteiger partial charge in [0.15, 0.2) is 5.65 Å². The van der Waals surface area contributed by atoms with Gasteiger partial charge in [-0.3, -0.25) is 9.13 Å². The number of pyridine rings is 1. The molecule has 59 heavy (non-hydrogen) atoms. The molecule has 6 nitrogen and oxygen atoms in total. The first-order valence-corrected chi connectivity index (χ1v) is 19.9. The second-order valence-corrected chi connectivity index (χ2v) is 14.7. The van der Waals surface area contributed by atoms with Crippen LogP contribution in [0.5, 0.6) is 0 Å². The molecule has 0 unspecified atom stereocenters. The summed E-state index contributed by atoms with van der Waals surface area (Å²) in [6, 6.07) is 73.2. The summed E-state index contributed by atoms with van der Waals surface area (Å²) in [7, 11) is 0. The first kappa shape index (κ1) is 34.3. The molecule has 0 N–H and O–H groups in total. The van der Waals surface area contributed by atoms with Crippen LogP contribution in [0.2, 0.25) is 0 Å². The van der Waals surface area contributed by atoms with Crippen molar-refractivity contribution in [2.75, 3.05) is 16.5 Å². The van der Waals surface area contributed by atoms with Gasteiger partial charge in [-0.2, -0.15) is 0 Å². The molecule has 0 atom stereocenters. The Balaban J connectivity index is 1.17. The minimum Gasteiger partial charge on any atom is -0.321 e. The summed E-state index contributed by atoms with van der Waals surface area (Å²) in [5.74, 6) is 0.830. The van der Waals surface area contributed by atoms with Crippen molar-refractivity contribution in [3.63, 3.8) is 0 Å². The van der Waals surface area contributed by atoms with E-state index in [1.165, 1.54) is 17.1 Å². The van der Waals surface area contributed by atoms with E-state index in [4.69, 9.17) is 9.97 Å². The molecule has 6 heteroatoms. The van der Waals surface area contributed by atoms with E-state index in [9.17, 15) is 0 Å². The fourth-order valence-corrected chi connectivity index (χ4v) is 8.64. The maximum absolute atomic E-state index is 5.03. The van der Waals surface area contributed by atoms with Gasteiger partial charge in [0.05, 0.1) is 16.9 Å². The zero-order chi connectivity index (χ0) is 39.1. The second-order valence-electron chi connectivity index (χ2n) is 14.7. The summed E-state index contributed by atoms with van der Waals surface area (Å²) < 4.78 is 4.42. The predicted octanol–water partition coefficient (Wildman–Crippen LogP) is 12.6. The number of hydrogen-bond acceptors (Lipinski definition) is 4. The largest absolute Gasteiger partial charge is 0.321 e. The van der Waals surface area contributed by atoms with Gasteiger partial charge in [0, 0.05) is 28.6 Å². The molecule has 10 aromatic rings. The predicted molar refractivity (Wildman–Crippen MR) is 242 cm³/mol. The van der Waals surface area contributed by atoms with E-state index in [0.29, 0.717) is 6.67 Å². The highest BCUT2D eigenvalue weighted by Crippen LogP contribution is 2.46. The molecule has 1 aliphatic heterocycles. The number of benzene rings is 7. The average Bonchev–Trinajstić information content (AvgIpc) is 4.01. The minimum atomic E-state index is 0.698. The van der Waals surface area contributed by atoms with Crippen molar-refractivity contribution in [1.82, 2.24) is 19.1 Å². The molecule has 0 radical (unpaired) electrons. The molecule has 11 rings (SSSR count). The van der Waals surface area contributed by atoms with E-state index in [0.717, 1.165) is 72.7 Å². The Hall–Kier alpha value is -7.96. The Morgan fingerprint density at radius 1 is 0.424 bits per heavy atom. The first-order chi connectivity index (χ1) is 29.3. The lowest BCUT2D eigenvalue weighted by Gasteiger charge is -2.24. The number of nitrogens with zero attached hydrogens (tertiary/aromatic N) is 6. The van der Waals surface area contributed by atoms with Crippen LogP contribution < -0.4 is 9.80 Å². The molecule has 0 fully saturated rings. The van der Waals surface area contributed by atoms with Crippen molar-refractivity contribution >= 4 is 56.0 Å². The molecule has 280 valence electrons. The first-order valence-electron chi connectivity index (χ1n) is 19.9. The van der Waals surface area contributed by atoms with Crippen molar-refractivity contribution < 1.29 is 0 Å². The van der Waals surface area contributed by atoms with Crippen molar-refractivity contribution in [2.45, 2.75) is 0 Å². The molecule has 7 aromatic carbocycles. The van der Waals surface area contributed by atoms with E-state index in [1.807, 2.05) is 30.7 Å². The lowest BCUT2D eigenvalue weighted by atomic mass is 9.85. The molecule has 0 amide bonds. The normalized spacial score (nSPS) is 12.3. The van der Waals surface area contributed by atoms with Crippen molar-refractivity contribution in [2.24, 2.45) is 0 Å².